The summed E-state index contributed by atoms with van der Waals surface area (Å²) in [6.07, 6.45) is 1.06. The molecule has 2 aliphatic heterocycles. The largest absolute Gasteiger partial charge is 0.490 e. The third-order valence-corrected chi connectivity index (χ3v) is 6.78. The maximum absolute atomic E-state index is 13.8. The van der Waals surface area contributed by atoms with Crippen LogP contribution in [0, 0.1) is 12.8 Å². The van der Waals surface area contributed by atoms with E-state index in [0.29, 0.717) is 30.4 Å². The maximum atomic E-state index is 13.8. The Labute approximate surface area is 217 Å². The topological polar surface area (TPSA) is 68.3 Å². The number of carbonyl (C=O) groups excluding carboxylic acids is 2. The van der Waals surface area contributed by atoms with Crippen LogP contribution < -0.4 is 19.4 Å². The molecule has 3 aromatic rings. The maximum Gasteiger partial charge on any atom is 0.266 e. The third-order valence-electron chi connectivity index (χ3n) is 6.78. The molecule has 2 fully saturated rings. The van der Waals surface area contributed by atoms with E-state index in [0.717, 1.165) is 29.7 Å². The monoisotopic (exact) mass is 500 g/mol. The van der Waals surface area contributed by atoms with Crippen molar-refractivity contribution >= 4 is 23.2 Å². The smallest absolute Gasteiger partial charge is 0.266 e. The van der Waals surface area contributed by atoms with Crippen LogP contribution in [0.5, 0.6) is 11.5 Å². The van der Waals surface area contributed by atoms with Gasteiger partial charge in [0.15, 0.2) is 17.6 Å². The zero-order valence-electron chi connectivity index (χ0n) is 21.4. The van der Waals surface area contributed by atoms with Crippen LogP contribution in [0.3, 0.4) is 0 Å². The summed E-state index contributed by atoms with van der Waals surface area (Å²) in [4.78, 5) is 34.9. The van der Waals surface area contributed by atoms with Crippen molar-refractivity contribution in [3.8, 4) is 11.5 Å². The van der Waals surface area contributed by atoms with Gasteiger partial charge in [0.05, 0.1) is 30.6 Å². The molecule has 3 atom stereocenters. The number of fused-ring (bicyclic) bond motifs is 1. The van der Waals surface area contributed by atoms with Crippen molar-refractivity contribution in [1.29, 1.82) is 0 Å². The number of carbonyl (C=O) groups is 2. The van der Waals surface area contributed by atoms with Gasteiger partial charge in [0, 0.05) is 0 Å². The van der Waals surface area contributed by atoms with Crippen LogP contribution in [-0.2, 0) is 14.4 Å². The first-order valence-corrected chi connectivity index (χ1v) is 12.9. The fourth-order valence-corrected chi connectivity index (χ4v) is 4.92. The molecule has 2 saturated heterocycles. The number of nitrogens with zero attached hydrogens (tertiary/aromatic N) is 2. The minimum Gasteiger partial charge on any atom is -0.490 e. The van der Waals surface area contributed by atoms with E-state index in [-0.39, 0.29) is 11.8 Å². The number of hydrogen-bond acceptors (Lipinski definition) is 6. The molecule has 37 heavy (non-hydrogen) atoms. The van der Waals surface area contributed by atoms with Crippen LogP contribution in [0.25, 0.3) is 0 Å². The van der Waals surface area contributed by atoms with Crippen molar-refractivity contribution in [3.63, 3.8) is 0 Å². The van der Waals surface area contributed by atoms with Crippen molar-refractivity contribution in [2.24, 2.45) is 5.92 Å². The number of hydroxylamine groups is 1. The number of rotatable bonds is 9. The van der Waals surface area contributed by atoms with E-state index in [4.69, 9.17) is 14.3 Å². The molecule has 0 aromatic heterocycles. The van der Waals surface area contributed by atoms with E-state index in [1.165, 1.54) is 4.90 Å². The zero-order valence-corrected chi connectivity index (χ0v) is 21.4. The standard InChI is InChI=1S/C30H32N2O5/c1-4-6-18-36-24-17-14-21(19-25(24)35-5-2)27-26-28(37-32(27)23-10-8-7-9-11-23)30(34)31(29(26)33)22-15-12-20(3)13-16-22/h7-17,19,26-28H,4-6,18H2,1-3H3/t26-,27-,28-/m1/s1. The van der Waals surface area contributed by atoms with Crippen LogP contribution in [0.2, 0.25) is 0 Å². The molecule has 192 valence electrons. The average molecular weight is 501 g/mol. The van der Waals surface area contributed by atoms with Crippen molar-refractivity contribution < 1.29 is 23.9 Å². The van der Waals surface area contributed by atoms with Gasteiger partial charge in [0.25, 0.3) is 5.91 Å². The van der Waals surface area contributed by atoms with Gasteiger partial charge in [0.1, 0.15) is 5.92 Å². The van der Waals surface area contributed by atoms with Gasteiger partial charge in [-0.1, -0.05) is 55.3 Å². The minimum atomic E-state index is -0.921. The molecule has 2 heterocycles. The van der Waals surface area contributed by atoms with Crippen LogP contribution in [0.15, 0.2) is 72.8 Å². The van der Waals surface area contributed by atoms with Gasteiger partial charge < -0.3 is 9.47 Å². The Kier molecular flexibility index (Phi) is 7.15. The Morgan fingerprint density at radius 3 is 2.30 bits per heavy atom. The predicted octanol–water partition coefficient (Wildman–Crippen LogP) is 5.62. The van der Waals surface area contributed by atoms with E-state index in [9.17, 15) is 9.59 Å². The highest BCUT2D eigenvalue weighted by Crippen LogP contribution is 2.48. The van der Waals surface area contributed by atoms with Gasteiger partial charge in [0.2, 0.25) is 5.91 Å². The molecule has 2 amide bonds. The highest BCUT2D eigenvalue weighted by molar-refractivity contribution is 6.23. The molecule has 0 spiro atoms. The van der Waals surface area contributed by atoms with E-state index >= 15 is 0 Å². The highest BCUT2D eigenvalue weighted by Gasteiger charge is 2.60. The molecule has 5 rings (SSSR count). The second kappa shape index (κ2) is 10.6. The van der Waals surface area contributed by atoms with Crippen molar-refractivity contribution in [1.82, 2.24) is 0 Å². The lowest BCUT2D eigenvalue weighted by Crippen LogP contribution is -2.37. The Bertz CT molecular complexity index is 1260. The fraction of sp³-hybridized carbons (Fsp3) is 0.333. The molecule has 0 unspecified atom stereocenters. The molecule has 0 saturated carbocycles. The van der Waals surface area contributed by atoms with Gasteiger partial charge in [-0.25, -0.2) is 9.96 Å². The number of amides is 2. The Morgan fingerprint density at radius 2 is 1.59 bits per heavy atom. The second-order valence-electron chi connectivity index (χ2n) is 9.35. The molecule has 0 bridgehead atoms. The zero-order chi connectivity index (χ0) is 25.9. The van der Waals surface area contributed by atoms with Crippen LogP contribution in [0.1, 0.15) is 43.9 Å². The number of unbranched alkanes of at least 4 members (excludes halogenated alkanes) is 1. The number of benzene rings is 3. The first-order chi connectivity index (χ1) is 18.0. The second-order valence-corrected chi connectivity index (χ2v) is 9.35. The number of para-hydroxylation sites is 1. The van der Waals surface area contributed by atoms with E-state index < -0.39 is 18.1 Å². The summed E-state index contributed by atoms with van der Waals surface area (Å²) < 4.78 is 11.9. The number of ether oxygens (including phenoxy) is 2. The summed E-state index contributed by atoms with van der Waals surface area (Å²) >= 11 is 0. The molecule has 0 radical (unpaired) electrons. The predicted molar refractivity (Wildman–Crippen MR) is 142 cm³/mol. The number of hydrogen-bond donors (Lipinski definition) is 0. The summed E-state index contributed by atoms with van der Waals surface area (Å²) in [7, 11) is 0. The van der Waals surface area contributed by atoms with Gasteiger partial charge in [-0.05, 0) is 62.2 Å². The third kappa shape index (κ3) is 4.67. The lowest BCUT2D eigenvalue weighted by atomic mass is 9.90. The normalized spacial score (nSPS) is 20.9. The summed E-state index contributed by atoms with van der Waals surface area (Å²) in [6.45, 7) is 7.08. The SMILES string of the molecule is CCCCOc1ccc([C@@H]2[C@H]3C(=O)N(c4ccc(C)cc4)C(=O)[C@@H]3ON2c2ccccc2)cc1OCC. The fourth-order valence-electron chi connectivity index (χ4n) is 4.92. The van der Waals surface area contributed by atoms with Crippen molar-refractivity contribution in [2.75, 3.05) is 23.2 Å². The number of aryl methyl sites for hydroxylation is 1. The Hall–Kier alpha value is -3.84. The van der Waals surface area contributed by atoms with Crippen molar-refractivity contribution in [2.45, 2.75) is 45.8 Å². The molecule has 2 aliphatic rings. The molecule has 3 aromatic carbocycles. The van der Waals surface area contributed by atoms with Crippen LogP contribution >= 0.6 is 0 Å². The molecule has 7 heteroatoms. The lowest BCUT2D eigenvalue weighted by molar-refractivity contribution is -0.126. The molecule has 0 N–H and O–H groups in total. The molecular formula is C30H32N2O5. The van der Waals surface area contributed by atoms with E-state index in [1.54, 1.807) is 17.2 Å². The van der Waals surface area contributed by atoms with Crippen LogP contribution in [0.4, 0.5) is 11.4 Å². The molecular weight excluding hydrogens is 468 g/mol. The minimum absolute atomic E-state index is 0.275. The Morgan fingerprint density at radius 1 is 0.838 bits per heavy atom. The number of imide groups is 1. The first-order valence-electron chi connectivity index (χ1n) is 12.9. The number of anilines is 2. The average Bonchev–Trinajstić information content (AvgIpc) is 3.42. The quantitative estimate of drug-likeness (QED) is 0.280. The summed E-state index contributed by atoms with van der Waals surface area (Å²) in [6, 6.07) is 22.1. The highest BCUT2D eigenvalue weighted by atomic mass is 16.7. The van der Waals surface area contributed by atoms with Crippen LogP contribution in [-0.4, -0.2) is 31.1 Å². The van der Waals surface area contributed by atoms with Crippen molar-refractivity contribution in [3.05, 3.63) is 83.9 Å². The summed E-state index contributed by atoms with van der Waals surface area (Å²) in [5.41, 5.74) is 3.19. The van der Waals surface area contributed by atoms with Gasteiger partial charge in [-0.3, -0.25) is 14.4 Å². The van der Waals surface area contributed by atoms with Gasteiger partial charge in [-0.15, -0.1) is 0 Å². The lowest BCUT2D eigenvalue weighted by Gasteiger charge is -2.29. The van der Waals surface area contributed by atoms with Gasteiger partial charge >= 0.3 is 0 Å². The first kappa shape index (κ1) is 24.8. The summed E-state index contributed by atoms with van der Waals surface area (Å²) in [5, 5.41) is 1.69. The molecule has 7 nitrogen and oxygen atoms in total. The summed E-state index contributed by atoms with van der Waals surface area (Å²) in [5.74, 6) is -0.0682. The van der Waals surface area contributed by atoms with Gasteiger partial charge in [-0.2, -0.15) is 0 Å². The van der Waals surface area contributed by atoms with E-state index in [2.05, 4.69) is 6.92 Å². The van der Waals surface area contributed by atoms with E-state index in [1.807, 2.05) is 74.5 Å². The molecule has 0 aliphatic carbocycles. The Balaban J connectivity index is 1.55.